The van der Waals surface area contributed by atoms with Gasteiger partial charge in [0.25, 0.3) is 5.91 Å². The largest absolute Gasteiger partial charge is 0.353 e. The zero-order chi connectivity index (χ0) is 22.0. The summed E-state index contributed by atoms with van der Waals surface area (Å²) < 4.78 is 0. The van der Waals surface area contributed by atoms with Gasteiger partial charge in [0.1, 0.15) is 22.3 Å². The number of pyridine rings is 1. The first-order chi connectivity index (χ1) is 15.0. The number of amides is 1. The Labute approximate surface area is 187 Å². The van der Waals surface area contributed by atoms with Gasteiger partial charge in [0.2, 0.25) is 0 Å². The minimum absolute atomic E-state index is 0.0810. The van der Waals surface area contributed by atoms with Gasteiger partial charge in [0.05, 0.1) is 10.3 Å². The molecule has 0 N–H and O–H groups in total. The molecule has 31 heavy (non-hydrogen) atoms. The monoisotopic (exact) mass is 438 g/mol. The van der Waals surface area contributed by atoms with Gasteiger partial charge < -0.3 is 14.7 Å². The summed E-state index contributed by atoms with van der Waals surface area (Å²) in [6.07, 6.45) is 3.92. The van der Waals surface area contributed by atoms with Crippen LogP contribution in [0.1, 0.15) is 40.8 Å². The molecule has 0 aliphatic carbocycles. The van der Waals surface area contributed by atoms with Crippen molar-refractivity contribution < 1.29 is 4.79 Å². The van der Waals surface area contributed by atoms with Gasteiger partial charge in [-0.15, -0.1) is 11.3 Å². The number of hydrogen-bond donors (Lipinski definition) is 0. The number of rotatable bonds is 6. The van der Waals surface area contributed by atoms with Gasteiger partial charge in [0.15, 0.2) is 0 Å². The highest BCUT2D eigenvalue weighted by atomic mass is 32.1. The number of carbonyl (C=O) groups excluding carboxylic acids is 1. The highest BCUT2D eigenvalue weighted by molar-refractivity contribution is 7.20. The Morgan fingerprint density at radius 1 is 1.13 bits per heavy atom. The second-order valence-corrected chi connectivity index (χ2v) is 9.07. The molecule has 7 nitrogen and oxygen atoms in total. The maximum atomic E-state index is 13.1. The Hall–Kier alpha value is -2.74. The lowest BCUT2D eigenvalue weighted by molar-refractivity contribution is 0.0797. The number of thiophene rings is 1. The summed E-state index contributed by atoms with van der Waals surface area (Å²) in [6, 6.07) is 6.02. The third-order valence-corrected chi connectivity index (χ3v) is 7.00. The van der Waals surface area contributed by atoms with Crippen molar-refractivity contribution in [3.63, 3.8) is 0 Å². The van der Waals surface area contributed by atoms with Crippen molar-refractivity contribution in [1.29, 1.82) is 0 Å². The van der Waals surface area contributed by atoms with Crippen molar-refractivity contribution in [3.8, 4) is 0 Å². The number of anilines is 2. The molecule has 8 heteroatoms. The van der Waals surface area contributed by atoms with Gasteiger partial charge in [0, 0.05) is 46.0 Å². The summed E-state index contributed by atoms with van der Waals surface area (Å²) in [5.74, 6) is 2.79. The molecule has 0 atom stereocenters. The van der Waals surface area contributed by atoms with E-state index in [1.54, 1.807) is 0 Å². The maximum Gasteiger partial charge on any atom is 0.264 e. The quantitative estimate of drug-likeness (QED) is 0.582. The molecular weight excluding hydrogens is 408 g/mol. The smallest absolute Gasteiger partial charge is 0.264 e. The fourth-order valence-corrected chi connectivity index (χ4v) is 5.23. The minimum Gasteiger partial charge on any atom is -0.353 e. The molecule has 0 saturated carbocycles. The summed E-state index contributed by atoms with van der Waals surface area (Å²) >= 11 is 1.49. The SMILES string of the molecule is CCCCN(C)C(=O)c1sc2nc(C)nc(N3CCN(c4ccccn4)CC3)c2c1C. The molecule has 1 saturated heterocycles. The van der Waals surface area contributed by atoms with E-state index >= 15 is 0 Å². The molecule has 1 aliphatic rings. The zero-order valence-corrected chi connectivity index (χ0v) is 19.6. The van der Waals surface area contributed by atoms with E-state index in [2.05, 4.69) is 32.8 Å². The van der Waals surface area contributed by atoms with E-state index in [4.69, 9.17) is 4.98 Å². The van der Waals surface area contributed by atoms with E-state index in [1.165, 1.54) is 11.3 Å². The Morgan fingerprint density at radius 3 is 2.55 bits per heavy atom. The van der Waals surface area contributed by atoms with Crippen LogP contribution >= 0.6 is 11.3 Å². The van der Waals surface area contributed by atoms with Gasteiger partial charge in [-0.05, 0) is 38.0 Å². The van der Waals surface area contributed by atoms with E-state index in [0.29, 0.717) is 0 Å². The van der Waals surface area contributed by atoms with Crippen LogP contribution in [-0.2, 0) is 0 Å². The third kappa shape index (κ3) is 4.35. The van der Waals surface area contributed by atoms with E-state index in [-0.39, 0.29) is 5.91 Å². The lowest BCUT2D eigenvalue weighted by Crippen LogP contribution is -2.47. The zero-order valence-electron chi connectivity index (χ0n) is 18.8. The Morgan fingerprint density at radius 2 is 1.87 bits per heavy atom. The average Bonchev–Trinajstić information content (AvgIpc) is 3.13. The molecule has 0 aromatic carbocycles. The third-order valence-electron chi connectivity index (χ3n) is 5.82. The normalized spacial score (nSPS) is 14.3. The molecule has 0 radical (unpaired) electrons. The first-order valence-corrected chi connectivity index (χ1v) is 11.8. The van der Waals surface area contributed by atoms with E-state index < -0.39 is 0 Å². The predicted octanol–water partition coefficient (Wildman–Crippen LogP) is 3.90. The highest BCUT2D eigenvalue weighted by Gasteiger charge is 2.26. The van der Waals surface area contributed by atoms with Crippen LogP contribution in [0.25, 0.3) is 10.2 Å². The second-order valence-electron chi connectivity index (χ2n) is 8.07. The maximum absolute atomic E-state index is 13.1. The summed E-state index contributed by atoms with van der Waals surface area (Å²) in [6.45, 7) is 10.4. The van der Waals surface area contributed by atoms with E-state index in [0.717, 1.165) is 83.7 Å². The van der Waals surface area contributed by atoms with Crippen LogP contribution in [0.15, 0.2) is 24.4 Å². The standard InChI is InChI=1S/C23H30N6OS/c1-5-6-11-27(4)23(30)20-16(2)19-21(25-17(3)26-22(19)31-20)29-14-12-28(13-15-29)18-9-7-8-10-24-18/h7-10H,5-6,11-15H2,1-4H3. The molecule has 0 bridgehead atoms. The van der Waals surface area contributed by atoms with Crippen LogP contribution in [0, 0.1) is 13.8 Å². The molecule has 1 amide bonds. The summed E-state index contributed by atoms with van der Waals surface area (Å²) in [7, 11) is 1.89. The van der Waals surface area contributed by atoms with Crippen LogP contribution in [-0.4, -0.2) is 65.5 Å². The van der Waals surface area contributed by atoms with Crippen LogP contribution in [0.3, 0.4) is 0 Å². The lowest BCUT2D eigenvalue weighted by Gasteiger charge is -2.36. The van der Waals surface area contributed by atoms with Crippen LogP contribution in [0.4, 0.5) is 11.6 Å². The molecule has 4 heterocycles. The average molecular weight is 439 g/mol. The number of piperazine rings is 1. The van der Waals surface area contributed by atoms with Gasteiger partial charge in [-0.25, -0.2) is 15.0 Å². The van der Waals surface area contributed by atoms with Crippen LogP contribution in [0.5, 0.6) is 0 Å². The summed E-state index contributed by atoms with van der Waals surface area (Å²) in [4.78, 5) is 35.2. The van der Waals surface area contributed by atoms with Gasteiger partial charge in [-0.1, -0.05) is 19.4 Å². The molecular formula is C23H30N6OS. The summed E-state index contributed by atoms with van der Waals surface area (Å²) in [5.41, 5.74) is 0.996. The number of nitrogens with zero attached hydrogens (tertiary/aromatic N) is 6. The van der Waals surface area contributed by atoms with Gasteiger partial charge in [-0.2, -0.15) is 0 Å². The highest BCUT2D eigenvalue weighted by Crippen LogP contribution is 2.36. The Bertz CT molecular complexity index is 1060. The second kappa shape index (κ2) is 9.18. The first-order valence-electron chi connectivity index (χ1n) is 10.9. The molecule has 1 aliphatic heterocycles. The van der Waals surface area contributed by atoms with Crippen molar-refractivity contribution in [1.82, 2.24) is 19.9 Å². The van der Waals surface area contributed by atoms with Gasteiger partial charge in [-0.3, -0.25) is 4.79 Å². The van der Waals surface area contributed by atoms with Crippen LogP contribution in [0.2, 0.25) is 0 Å². The molecule has 1 fully saturated rings. The molecule has 3 aromatic rings. The van der Waals surface area contributed by atoms with Crippen LogP contribution < -0.4 is 9.80 Å². The molecule has 0 unspecified atom stereocenters. The number of hydrogen-bond acceptors (Lipinski definition) is 7. The Kier molecular flexibility index (Phi) is 6.36. The van der Waals surface area contributed by atoms with Crippen molar-refractivity contribution >= 4 is 39.1 Å². The number of aryl methyl sites for hydroxylation is 2. The first kappa shape index (κ1) is 21.5. The van der Waals surface area contributed by atoms with Crippen molar-refractivity contribution in [3.05, 3.63) is 40.7 Å². The topological polar surface area (TPSA) is 65.5 Å². The molecule has 164 valence electrons. The molecule has 3 aromatic heterocycles. The number of unbranched alkanes of at least 4 members (excludes halogenated alkanes) is 1. The fourth-order valence-electron chi connectivity index (χ4n) is 4.01. The van der Waals surface area contributed by atoms with E-state index in [1.807, 2.05) is 44.1 Å². The number of carbonyl (C=O) groups is 1. The van der Waals surface area contributed by atoms with Gasteiger partial charge >= 0.3 is 0 Å². The van der Waals surface area contributed by atoms with Crippen molar-refractivity contribution in [2.24, 2.45) is 0 Å². The number of fused-ring (bicyclic) bond motifs is 1. The number of aromatic nitrogens is 3. The summed E-state index contributed by atoms with van der Waals surface area (Å²) in [5, 5.41) is 1.02. The predicted molar refractivity (Wildman–Crippen MR) is 127 cm³/mol. The fraction of sp³-hybridized carbons (Fsp3) is 0.478. The Balaban J connectivity index is 1.61. The minimum atomic E-state index is 0.0810. The lowest BCUT2D eigenvalue weighted by atomic mass is 10.1. The molecule has 0 spiro atoms. The van der Waals surface area contributed by atoms with Crippen molar-refractivity contribution in [2.45, 2.75) is 33.6 Å². The van der Waals surface area contributed by atoms with E-state index in [9.17, 15) is 4.79 Å². The van der Waals surface area contributed by atoms with Crippen molar-refractivity contribution in [2.75, 3.05) is 49.6 Å². The molecule has 4 rings (SSSR count).